The lowest BCUT2D eigenvalue weighted by atomic mass is 10.1. The van der Waals surface area contributed by atoms with Crippen LogP contribution in [0.2, 0.25) is 0 Å². The van der Waals surface area contributed by atoms with Crippen LogP contribution in [0, 0.1) is 0 Å². The van der Waals surface area contributed by atoms with Crippen molar-refractivity contribution >= 4 is 52.6 Å². The van der Waals surface area contributed by atoms with E-state index in [0.717, 1.165) is 30.0 Å². The molecule has 2 aromatic carbocycles. The first-order chi connectivity index (χ1) is 23.7. The number of thioether (sulfide) groups is 1. The number of ether oxygens (including phenoxy) is 3. The summed E-state index contributed by atoms with van der Waals surface area (Å²) in [4.78, 5) is 87.6. The predicted octanol–water partition coefficient (Wildman–Crippen LogP) is 1.34. The van der Waals surface area contributed by atoms with Gasteiger partial charge in [0.25, 0.3) is 0 Å². The maximum atomic E-state index is 13.2. The van der Waals surface area contributed by atoms with Gasteiger partial charge in [-0.15, -0.1) is 0 Å². The fourth-order valence-electron chi connectivity index (χ4n) is 4.02. The monoisotopic (exact) mass is 715 g/mol. The second kappa shape index (κ2) is 21.2. The number of methoxy groups -OCH3 is 1. The van der Waals surface area contributed by atoms with Crippen LogP contribution >= 0.6 is 11.8 Å². The number of esters is 1. The molecule has 0 fully saturated rings. The van der Waals surface area contributed by atoms with E-state index in [-0.39, 0.29) is 18.3 Å². The van der Waals surface area contributed by atoms with Crippen molar-refractivity contribution in [3.05, 3.63) is 71.8 Å². The Kier molecular flexibility index (Phi) is 17.5. The topological polar surface area (TPSA) is 207 Å². The molecule has 3 atom stereocenters. The number of hydrogen-bond donors (Lipinski definition) is 5. The molecule has 15 nitrogen and oxygen atoms in total. The Labute approximate surface area is 295 Å². The third kappa shape index (κ3) is 16.9. The number of benzene rings is 2. The molecular weight excluding hydrogens is 670 g/mol. The van der Waals surface area contributed by atoms with Crippen LogP contribution in [0.4, 0.5) is 4.79 Å². The average molecular weight is 716 g/mol. The van der Waals surface area contributed by atoms with Gasteiger partial charge in [-0.25, -0.2) is 4.79 Å². The van der Waals surface area contributed by atoms with Gasteiger partial charge in [0.15, 0.2) is 0 Å². The molecule has 5 amide bonds. The molecule has 272 valence electrons. The van der Waals surface area contributed by atoms with Crippen molar-refractivity contribution in [1.29, 1.82) is 0 Å². The molecule has 16 heteroatoms. The smallest absolute Gasteiger partial charge is 0.408 e. The first-order valence-corrected chi connectivity index (χ1v) is 16.7. The van der Waals surface area contributed by atoms with Crippen molar-refractivity contribution in [3.8, 4) is 0 Å². The summed E-state index contributed by atoms with van der Waals surface area (Å²) < 4.78 is 15.5. The molecular formula is C34H45N5O10S. The van der Waals surface area contributed by atoms with Crippen molar-refractivity contribution < 1.29 is 47.8 Å². The number of carbonyl (C=O) groups excluding carboxylic acids is 7. The highest BCUT2D eigenvalue weighted by Gasteiger charge is 2.29. The second-order valence-corrected chi connectivity index (χ2v) is 12.9. The van der Waals surface area contributed by atoms with Crippen molar-refractivity contribution in [3.63, 3.8) is 0 Å². The Morgan fingerprint density at radius 1 is 0.740 bits per heavy atom. The fraction of sp³-hybridized carbons (Fsp3) is 0.441. The Balaban J connectivity index is 1.94. The lowest BCUT2D eigenvalue weighted by molar-refractivity contribution is -0.143. The first kappa shape index (κ1) is 41.2. The molecule has 0 heterocycles. The number of amides is 5. The molecule has 0 spiro atoms. The van der Waals surface area contributed by atoms with Crippen molar-refractivity contribution in [2.75, 3.05) is 26.7 Å². The first-order valence-electron chi connectivity index (χ1n) is 15.7. The molecule has 0 aliphatic rings. The van der Waals surface area contributed by atoms with E-state index < -0.39 is 79.0 Å². The van der Waals surface area contributed by atoms with Gasteiger partial charge in [0, 0.05) is 5.75 Å². The van der Waals surface area contributed by atoms with E-state index in [1.807, 2.05) is 60.7 Å². The van der Waals surface area contributed by atoms with Gasteiger partial charge in [-0.2, -0.15) is 0 Å². The minimum Gasteiger partial charge on any atom is -0.469 e. The van der Waals surface area contributed by atoms with Gasteiger partial charge < -0.3 is 40.8 Å². The van der Waals surface area contributed by atoms with E-state index in [2.05, 4.69) is 31.3 Å². The van der Waals surface area contributed by atoms with Gasteiger partial charge in [-0.05, 0) is 38.8 Å². The van der Waals surface area contributed by atoms with Crippen molar-refractivity contribution in [2.45, 2.75) is 70.3 Å². The van der Waals surface area contributed by atoms with E-state index in [4.69, 9.17) is 9.47 Å². The van der Waals surface area contributed by atoms with Gasteiger partial charge >= 0.3 is 12.1 Å². The summed E-state index contributed by atoms with van der Waals surface area (Å²) in [5.41, 5.74) is 0.911. The third-order valence-electron chi connectivity index (χ3n) is 6.55. The van der Waals surface area contributed by atoms with Crippen LogP contribution in [0.3, 0.4) is 0 Å². The van der Waals surface area contributed by atoms with Crippen molar-refractivity contribution in [2.24, 2.45) is 0 Å². The Bertz CT molecular complexity index is 1450. The number of nitrogens with one attached hydrogen (secondary N) is 5. The zero-order chi connectivity index (χ0) is 37.1. The van der Waals surface area contributed by atoms with Gasteiger partial charge in [0.05, 0.1) is 45.9 Å². The molecule has 0 unspecified atom stereocenters. The third-order valence-corrected chi connectivity index (χ3v) is 7.49. The molecule has 0 aliphatic carbocycles. The zero-order valence-electron chi connectivity index (χ0n) is 28.7. The molecule has 0 radical (unpaired) electrons. The van der Waals surface area contributed by atoms with E-state index in [0.29, 0.717) is 5.75 Å². The number of hydrogen-bond acceptors (Lipinski definition) is 11. The second-order valence-electron chi connectivity index (χ2n) is 11.9. The highest BCUT2D eigenvalue weighted by molar-refractivity contribution is 8.13. The van der Waals surface area contributed by atoms with Gasteiger partial charge in [0.2, 0.25) is 28.7 Å². The molecule has 0 bridgehead atoms. The fourth-order valence-corrected chi connectivity index (χ4v) is 4.71. The van der Waals surface area contributed by atoms with Gasteiger partial charge in [0.1, 0.15) is 17.7 Å². The van der Waals surface area contributed by atoms with Crippen LogP contribution in [-0.4, -0.2) is 91.3 Å². The van der Waals surface area contributed by atoms with Crippen LogP contribution in [0.15, 0.2) is 60.7 Å². The van der Waals surface area contributed by atoms with E-state index in [1.165, 1.54) is 0 Å². The maximum Gasteiger partial charge on any atom is 0.408 e. The molecule has 0 saturated heterocycles. The minimum atomic E-state index is -1.41. The summed E-state index contributed by atoms with van der Waals surface area (Å²) in [6.07, 6.45) is -2.33. The number of carbonyl (C=O) groups is 7. The van der Waals surface area contributed by atoms with Crippen LogP contribution in [-0.2, 0) is 55.3 Å². The Morgan fingerprint density at radius 2 is 1.32 bits per heavy atom. The summed E-state index contributed by atoms with van der Waals surface area (Å²) in [5.74, 6) is -3.44. The number of rotatable bonds is 18. The molecule has 2 rings (SSSR count). The summed E-state index contributed by atoms with van der Waals surface area (Å²) in [7, 11) is 1.11. The van der Waals surface area contributed by atoms with E-state index in [1.54, 1.807) is 27.7 Å². The van der Waals surface area contributed by atoms with E-state index in [9.17, 15) is 33.6 Å². The Morgan fingerprint density at radius 3 is 1.92 bits per heavy atom. The number of alkyl carbamates (subject to hydrolysis) is 1. The largest absolute Gasteiger partial charge is 0.469 e. The average Bonchev–Trinajstić information content (AvgIpc) is 3.08. The zero-order valence-corrected chi connectivity index (χ0v) is 29.6. The summed E-state index contributed by atoms with van der Waals surface area (Å²) in [6, 6.07) is 15.9. The molecule has 5 N–H and O–H groups in total. The molecule has 0 aliphatic heterocycles. The van der Waals surface area contributed by atoms with Gasteiger partial charge in [-0.3, -0.25) is 28.8 Å². The lowest BCUT2D eigenvalue weighted by Gasteiger charge is -2.25. The highest BCUT2D eigenvalue weighted by atomic mass is 32.2. The lowest BCUT2D eigenvalue weighted by Crippen LogP contribution is -2.55. The summed E-state index contributed by atoms with van der Waals surface area (Å²) in [5, 5.41) is 11.7. The summed E-state index contributed by atoms with van der Waals surface area (Å²) in [6.45, 7) is 5.11. The normalized spacial score (nSPS) is 12.7. The molecule has 50 heavy (non-hydrogen) atoms. The molecule has 2 aromatic rings. The van der Waals surface area contributed by atoms with Crippen LogP contribution in [0.1, 0.15) is 45.2 Å². The van der Waals surface area contributed by atoms with Crippen LogP contribution < -0.4 is 26.6 Å². The standard InChI is InChI=1S/C34H45N5O10S/c1-22(48-20-23-12-8-6-9-13-23)30(32(45)37-19-29(43)50-21-24-14-10-7-11-15-24)39-27(41)18-35-26(40)17-36-31(44)25(16-28(42)47-5)38-33(46)49-34(2,3)4/h6-15,22,25,30H,16-21H2,1-5H3,(H,35,40)(H,36,44)(H,37,45)(H,38,46)(H,39,41)/t22-,25+,30+/m1/s1. The maximum absolute atomic E-state index is 13.2. The van der Waals surface area contributed by atoms with Crippen molar-refractivity contribution in [1.82, 2.24) is 26.6 Å². The van der Waals surface area contributed by atoms with Crippen LogP contribution in [0.5, 0.6) is 0 Å². The quantitative estimate of drug-likeness (QED) is 0.139. The molecule has 0 saturated carbocycles. The van der Waals surface area contributed by atoms with Gasteiger partial charge in [-0.1, -0.05) is 72.4 Å². The van der Waals surface area contributed by atoms with E-state index >= 15 is 0 Å². The summed E-state index contributed by atoms with van der Waals surface area (Å²) >= 11 is 1.04. The molecule has 0 aromatic heterocycles. The SMILES string of the molecule is COC(=O)C[C@H](NC(=O)OC(C)(C)C)C(=O)NCC(=O)NCC(=O)N[C@H](C(=O)NCC(=O)SCc1ccccc1)[C@@H](C)OCc1ccccc1. The highest BCUT2D eigenvalue weighted by Crippen LogP contribution is 2.13. The van der Waals surface area contributed by atoms with Crippen LogP contribution in [0.25, 0.3) is 0 Å². The predicted molar refractivity (Wildman–Crippen MR) is 184 cm³/mol. The Hall–Kier alpha value is -4.96. The minimum absolute atomic E-state index is 0.143.